The Kier molecular flexibility index (Phi) is 8.49. The lowest BCUT2D eigenvalue weighted by molar-refractivity contribution is -0.132. The van der Waals surface area contributed by atoms with Crippen molar-refractivity contribution in [2.45, 2.75) is 30.7 Å². The van der Waals surface area contributed by atoms with Crippen LogP contribution in [-0.2, 0) is 4.79 Å². The molecule has 1 aromatic rings. The van der Waals surface area contributed by atoms with Crippen LogP contribution >= 0.6 is 35.8 Å². The number of benzene rings is 1. The summed E-state index contributed by atoms with van der Waals surface area (Å²) in [5.41, 5.74) is 0. The molecule has 118 valence electrons. The lowest BCUT2D eigenvalue weighted by Gasteiger charge is -2.32. The minimum atomic E-state index is 0. The van der Waals surface area contributed by atoms with Crippen LogP contribution in [0.15, 0.2) is 29.2 Å². The van der Waals surface area contributed by atoms with Crippen molar-refractivity contribution in [2.24, 2.45) is 0 Å². The smallest absolute Gasteiger partial charge is 0.222 e. The summed E-state index contributed by atoms with van der Waals surface area (Å²) >= 11 is 7.62. The van der Waals surface area contributed by atoms with Gasteiger partial charge in [0.05, 0.1) is 0 Å². The maximum Gasteiger partial charge on any atom is 0.222 e. The van der Waals surface area contributed by atoms with E-state index >= 15 is 0 Å². The second-order valence-electron chi connectivity index (χ2n) is 5.10. The first-order valence-electron chi connectivity index (χ1n) is 7.04. The van der Waals surface area contributed by atoms with Gasteiger partial charge in [0.15, 0.2) is 0 Å². The summed E-state index contributed by atoms with van der Waals surface area (Å²) in [6, 6.07) is 8.25. The lowest BCUT2D eigenvalue weighted by atomic mass is 10.2. The van der Waals surface area contributed by atoms with Gasteiger partial charge >= 0.3 is 0 Å². The molecule has 0 spiro atoms. The fourth-order valence-electron chi connectivity index (χ4n) is 2.26. The van der Waals surface area contributed by atoms with Crippen LogP contribution in [0, 0.1) is 0 Å². The first-order chi connectivity index (χ1) is 9.65. The second-order valence-corrected chi connectivity index (χ2v) is 6.71. The molecule has 2 rings (SSSR count). The van der Waals surface area contributed by atoms with Crippen LogP contribution < -0.4 is 5.32 Å². The molecule has 1 heterocycles. The van der Waals surface area contributed by atoms with Gasteiger partial charge in [-0.05, 0) is 43.4 Å². The SMILES string of the molecule is CC1CN(C(=O)CCCSc2ccc(Cl)cc2)CCN1.Cl. The van der Waals surface area contributed by atoms with Crippen LogP contribution in [0.4, 0.5) is 0 Å². The zero-order chi connectivity index (χ0) is 14.4. The molecule has 0 aromatic heterocycles. The molecule has 0 bridgehead atoms. The van der Waals surface area contributed by atoms with Gasteiger partial charge in [0.2, 0.25) is 5.91 Å². The number of nitrogens with zero attached hydrogens (tertiary/aromatic N) is 1. The third kappa shape index (κ3) is 6.47. The topological polar surface area (TPSA) is 32.3 Å². The normalized spacial score (nSPS) is 18.2. The van der Waals surface area contributed by atoms with Crippen molar-refractivity contribution in [3.8, 4) is 0 Å². The second kappa shape index (κ2) is 9.57. The number of carbonyl (C=O) groups excluding carboxylic acids is 1. The summed E-state index contributed by atoms with van der Waals surface area (Å²) in [6.07, 6.45) is 1.57. The molecule has 1 aliphatic rings. The summed E-state index contributed by atoms with van der Waals surface area (Å²) < 4.78 is 0. The molecule has 0 radical (unpaired) electrons. The van der Waals surface area contributed by atoms with E-state index < -0.39 is 0 Å². The molecule has 1 N–H and O–H groups in total. The van der Waals surface area contributed by atoms with E-state index in [0.717, 1.165) is 36.8 Å². The highest BCUT2D eigenvalue weighted by Gasteiger charge is 2.19. The minimum Gasteiger partial charge on any atom is -0.340 e. The number of nitrogens with one attached hydrogen (secondary N) is 1. The minimum absolute atomic E-state index is 0. The summed E-state index contributed by atoms with van der Waals surface area (Å²) in [4.78, 5) is 15.3. The van der Waals surface area contributed by atoms with E-state index in [1.807, 2.05) is 29.2 Å². The Bertz CT molecular complexity index is 442. The number of hydrogen-bond donors (Lipinski definition) is 1. The predicted molar refractivity (Wildman–Crippen MR) is 92.7 cm³/mol. The van der Waals surface area contributed by atoms with Crippen LogP contribution in [0.1, 0.15) is 19.8 Å². The maximum atomic E-state index is 12.1. The van der Waals surface area contributed by atoms with E-state index in [0.29, 0.717) is 12.5 Å². The standard InChI is InChI=1S/C15H21ClN2OS.ClH/c1-12-11-18(9-8-17-12)15(19)3-2-10-20-14-6-4-13(16)5-7-14;/h4-7,12,17H,2-3,8-11H2,1H3;1H. The van der Waals surface area contributed by atoms with Crippen molar-refractivity contribution in [3.05, 3.63) is 29.3 Å². The molecular formula is C15H22Cl2N2OS. The Morgan fingerprint density at radius 2 is 2.14 bits per heavy atom. The zero-order valence-electron chi connectivity index (χ0n) is 12.2. The van der Waals surface area contributed by atoms with Crippen LogP contribution in [0.5, 0.6) is 0 Å². The Morgan fingerprint density at radius 3 is 2.81 bits per heavy atom. The van der Waals surface area contributed by atoms with Gasteiger partial charge in [-0.3, -0.25) is 4.79 Å². The highest BCUT2D eigenvalue weighted by Crippen LogP contribution is 2.21. The molecule has 1 aromatic carbocycles. The summed E-state index contributed by atoms with van der Waals surface area (Å²) in [5.74, 6) is 1.25. The highest BCUT2D eigenvalue weighted by atomic mass is 35.5. The first-order valence-corrected chi connectivity index (χ1v) is 8.41. The molecule has 1 atom stereocenters. The third-order valence-corrected chi connectivity index (χ3v) is 4.69. The van der Waals surface area contributed by atoms with Gasteiger partial charge in [-0.15, -0.1) is 24.2 Å². The van der Waals surface area contributed by atoms with E-state index in [1.54, 1.807) is 11.8 Å². The number of amides is 1. The van der Waals surface area contributed by atoms with Gasteiger partial charge < -0.3 is 10.2 Å². The van der Waals surface area contributed by atoms with Gasteiger partial charge in [0, 0.05) is 42.0 Å². The van der Waals surface area contributed by atoms with Gasteiger partial charge in [-0.2, -0.15) is 0 Å². The van der Waals surface area contributed by atoms with Gasteiger partial charge in [-0.25, -0.2) is 0 Å². The van der Waals surface area contributed by atoms with Crippen molar-refractivity contribution < 1.29 is 4.79 Å². The molecule has 3 nitrogen and oxygen atoms in total. The van der Waals surface area contributed by atoms with Crippen LogP contribution in [0.25, 0.3) is 0 Å². The van der Waals surface area contributed by atoms with Crippen LogP contribution in [-0.4, -0.2) is 42.2 Å². The fraction of sp³-hybridized carbons (Fsp3) is 0.533. The summed E-state index contributed by atoms with van der Waals surface area (Å²) in [5, 5.41) is 4.11. The number of halogens is 2. The molecule has 21 heavy (non-hydrogen) atoms. The predicted octanol–water partition coefficient (Wildman–Crippen LogP) is 3.45. The Balaban J connectivity index is 0.00000220. The number of hydrogen-bond acceptors (Lipinski definition) is 3. The van der Waals surface area contributed by atoms with Crippen LogP contribution in [0.2, 0.25) is 5.02 Å². The molecule has 6 heteroatoms. The van der Waals surface area contributed by atoms with Crippen molar-refractivity contribution in [2.75, 3.05) is 25.4 Å². The van der Waals surface area contributed by atoms with Crippen molar-refractivity contribution >= 4 is 41.7 Å². The third-order valence-electron chi connectivity index (χ3n) is 3.34. The molecule has 1 unspecified atom stereocenters. The average Bonchev–Trinajstić information content (AvgIpc) is 2.45. The average molecular weight is 349 g/mol. The van der Waals surface area contributed by atoms with Crippen molar-refractivity contribution in [1.82, 2.24) is 10.2 Å². The monoisotopic (exact) mass is 348 g/mol. The van der Waals surface area contributed by atoms with Crippen molar-refractivity contribution in [3.63, 3.8) is 0 Å². The van der Waals surface area contributed by atoms with E-state index in [4.69, 9.17) is 11.6 Å². The Labute approximate surface area is 142 Å². The number of piperazine rings is 1. The molecular weight excluding hydrogens is 327 g/mol. The molecule has 1 saturated heterocycles. The number of rotatable bonds is 5. The van der Waals surface area contributed by atoms with E-state index in [9.17, 15) is 4.79 Å². The fourth-order valence-corrected chi connectivity index (χ4v) is 3.24. The highest BCUT2D eigenvalue weighted by molar-refractivity contribution is 7.99. The van der Waals surface area contributed by atoms with Crippen molar-refractivity contribution in [1.29, 1.82) is 0 Å². The number of carbonyl (C=O) groups is 1. The number of thioether (sulfide) groups is 1. The quantitative estimate of drug-likeness (QED) is 0.653. The van der Waals surface area contributed by atoms with Gasteiger partial charge in [0.25, 0.3) is 0 Å². The molecule has 0 saturated carbocycles. The van der Waals surface area contributed by atoms with E-state index in [-0.39, 0.29) is 18.3 Å². The Morgan fingerprint density at radius 1 is 1.43 bits per heavy atom. The van der Waals surface area contributed by atoms with Gasteiger partial charge in [0.1, 0.15) is 0 Å². The molecule has 1 fully saturated rings. The zero-order valence-corrected chi connectivity index (χ0v) is 14.6. The maximum absolute atomic E-state index is 12.1. The van der Waals surface area contributed by atoms with E-state index in [2.05, 4.69) is 12.2 Å². The summed E-state index contributed by atoms with van der Waals surface area (Å²) in [7, 11) is 0. The molecule has 0 aliphatic carbocycles. The Hall–Kier alpha value is -0.420. The largest absolute Gasteiger partial charge is 0.340 e. The van der Waals surface area contributed by atoms with Gasteiger partial charge in [-0.1, -0.05) is 11.6 Å². The first kappa shape index (κ1) is 18.6. The lowest BCUT2D eigenvalue weighted by Crippen LogP contribution is -2.51. The van der Waals surface area contributed by atoms with Crippen LogP contribution in [0.3, 0.4) is 0 Å². The molecule has 1 amide bonds. The molecule has 1 aliphatic heterocycles. The summed E-state index contributed by atoms with van der Waals surface area (Å²) in [6.45, 7) is 4.71. The van der Waals surface area contributed by atoms with E-state index in [1.165, 1.54) is 4.90 Å².